The fraction of sp³-hybridized carbons (Fsp3) is 0.826. The van der Waals surface area contributed by atoms with Crippen molar-refractivity contribution < 1.29 is 37.9 Å². The predicted octanol–water partition coefficient (Wildman–Crippen LogP) is 12.9. The van der Waals surface area contributed by atoms with Gasteiger partial charge >= 0.3 is 13.8 Å². The maximum atomic E-state index is 12.1. The zero-order valence-corrected chi connectivity index (χ0v) is 37.0. The minimum atomic E-state index is -4.42. The van der Waals surface area contributed by atoms with Crippen LogP contribution in [0.2, 0.25) is 0 Å². The first-order chi connectivity index (χ1) is 27.3. The van der Waals surface area contributed by atoms with Crippen molar-refractivity contribution in [2.75, 3.05) is 26.4 Å². The minimum absolute atomic E-state index is 0.0751. The summed E-state index contributed by atoms with van der Waals surface area (Å²) in [6, 6.07) is 0. The average Bonchev–Trinajstić information content (AvgIpc) is 3.18. The zero-order chi connectivity index (χ0) is 41.1. The number of aliphatic hydroxyl groups excluding tert-OH is 1. The first kappa shape index (κ1) is 54.2. The molecule has 328 valence electrons. The van der Waals surface area contributed by atoms with E-state index in [0.29, 0.717) is 6.42 Å². The molecule has 9 nitrogen and oxygen atoms in total. The summed E-state index contributed by atoms with van der Waals surface area (Å²) in [6.07, 6.45) is 47.8. The molecule has 0 saturated carbocycles. The van der Waals surface area contributed by atoms with Crippen molar-refractivity contribution in [2.45, 2.75) is 219 Å². The highest BCUT2D eigenvalue weighted by atomic mass is 31.2. The monoisotopic (exact) mass is 812 g/mol. The summed E-state index contributed by atoms with van der Waals surface area (Å²) in [5.41, 5.74) is 0. The topological polar surface area (TPSA) is 131 Å². The molecule has 0 aliphatic heterocycles. The van der Waals surface area contributed by atoms with E-state index in [4.69, 9.17) is 13.8 Å². The Bertz CT molecular complexity index is 1020. The molecule has 2 atom stereocenters. The molecule has 0 aromatic heterocycles. The van der Waals surface area contributed by atoms with Crippen LogP contribution in [-0.4, -0.2) is 54.3 Å². The van der Waals surface area contributed by atoms with Gasteiger partial charge in [-0.25, -0.2) is 4.57 Å². The zero-order valence-electron chi connectivity index (χ0n) is 36.1. The number of unbranched alkanes of at least 4 members (excludes halogenated alkanes) is 24. The number of hydrogen-bond acceptors (Lipinski definition) is 7. The Morgan fingerprint density at radius 1 is 0.554 bits per heavy atom. The molecule has 0 rings (SSSR count). The highest BCUT2D eigenvalue weighted by Gasteiger charge is 2.23. The molecule has 0 aromatic rings. The maximum absolute atomic E-state index is 12.1. The van der Waals surface area contributed by atoms with Crippen molar-refractivity contribution in [2.24, 2.45) is 0 Å². The molecule has 0 aliphatic carbocycles. The van der Waals surface area contributed by atoms with Gasteiger partial charge in [0.15, 0.2) is 0 Å². The maximum Gasteiger partial charge on any atom is 0.472 e. The lowest BCUT2D eigenvalue weighted by Crippen LogP contribution is -2.27. The van der Waals surface area contributed by atoms with Crippen molar-refractivity contribution in [3.63, 3.8) is 0 Å². The predicted molar refractivity (Wildman–Crippen MR) is 234 cm³/mol. The molecule has 0 bridgehead atoms. The van der Waals surface area contributed by atoms with Crippen LogP contribution in [0.1, 0.15) is 213 Å². The molecule has 0 saturated heterocycles. The Labute approximate surface area is 343 Å². The number of carbonyl (C=O) groups excluding carboxylic acids is 2. The Morgan fingerprint density at radius 3 is 1.48 bits per heavy atom. The van der Waals surface area contributed by atoms with Gasteiger partial charge in [0.05, 0.1) is 13.2 Å². The van der Waals surface area contributed by atoms with Crippen LogP contribution in [0.15, 0.2) is 36.5 Å². The third-order valence-electron chi connectivity index (χ3n) is 9.82. The summed E-state index contributed by atoms with van der Waals surface area (Å²) in [6.45, 7) is 3.53. The SMILES string of the molecule is CCCCC/C=C\C/C=C\C/C=C\CCCCCCCCC(=O)NCCOP(=O)(O)OCC(O)COC(=O)CCCCCCCCCCCCCCCCCC. The lowest BCUT2D eigenvalue weighted by molar-refractivity contribution is -0.147. The molecular formula is C46H86NO8P. The van der Waals surface area contributed by atoms with Gasteiger partial charge < -0.3 is 20.1 Å². The van der Waals surface area contributed by atoms with Gasteiger partial charge in [-0.1, -0.05) is 185 Å². The van der Waals surface area contributed by atoms with Crippen LogP contribution in [0, 0.1) is 0 Å². The van der Waals surface area contributed by atoms with Crippen LogP contribution >= 0.6 is 7.82 Å². The van der Waals surface area contributed by atoms with Gasteiger partial charge in [0.2, 0.25) is 5.91 Å². The molecular weight excluding hydrogens is 725 g/mol. The van der Waals surface area contributed by atoms with Crippen LogP contribution in [0.3, 0.4) is 0 Å². The lowest BCUT2D eigenvalue weighted by atomic mass is 10.0. The lowest BCUT2D eigenvalue weighted by Gasteiger charge is -2.15. The Balaban J connectivity index is 3.60. The number of carbonyl (C=O) groups is 2. The molecule has 10 heteroatoms. The fourth-order valence-electron chi connectivity index (χ4n) is 6.33. The van der Waals surface area contributed by atoms with Gasteiger partial charge in [-0.15, -0.1) is 0 Å². The molecule has 0 spiro atoms. The van der Waals surface area contributed by atoms with Crippen LogP contribution in [0.5, 0.6) is 0 Å². The van der Waals surface area contributed by atoms with Crippen molar-refractivity contribution in [3.8, 4) is 0 Å². The normalized spacial score (nSPS) is 13.6. The number of esters is 1. The van der Waals surface area contributed by atoms with Crippen LogP contribution < -0.4 is 5.32 Å². The van der Waals surface area contributed by atoms with Crippen LogP contribution in [0.25, 0.3) is 0 Å². The number of nitrogens with one attached hydrogen (secondary N) is 1. The van der Waals surface area contributed by atoms with Crippen LogP contribution in [-0.2, 0) is 27.9 Å². The van der Waals surface area contributed by atoms with Crippen molar-refractivity contribution in [1.29, 1.82) is 0 Å². The van der Waals surface area contributed by atoms with Gasteiger partial charge in [-0.3, -0.25) is 18.6 Å². The number of phosphoric acid groups is 1. The number of ether oxygens (including phenoxy) is 1. The molecule has 0 aliphatic rings. The van der Waals surface area contributed by atoms with Crippen molar-refractivity contribution >= 4 is 19.7 Å². The first-order valence-corrected chi connectivity index (χ1v) is 24.5. The fourth-order valence-corrected chi connectivity index (χ4v) is 7.09. The largest absolute Gasteiger partial charge is 0.472 e. The summed E-state index contributed by atoms with van der Waals surface area (Å²) in [5, 5.41) is 12.7. The number of allylic oxidation sites excluding steroid dienone is 6. The summed E-state index contributed by atoms with van der Waals surface area (Å²) < 4.78 is 26.9. The molecule has 0 aromatic carbocycles. The molecule has 3 N–H and O–H groups in total. The first-order valence-electron chi connectivity index (χ1n) is 23.0. The number of amides is 1. The minimum Gasteiger partial charge on any atom is -0.463 e. The van der Waals surface area contributed by atoms with E-state index in [-0.39, 0.29) is 32.1 Å². The second kappa shape index (κ2) is 42.8. The molecule has 2 unspecified atom stereocenters. The highest BCUT2D eigenvalue weighted by Crippen LogP contribution is 2.42. The molecule has 0 heterocycles. The van der Waals surface area contributed by atoms with Gasteiger partial charge in [0.1, 0.15) is 12.7 Å². The third-order valence-corrected chi connectivity index (χ3v) is 10.8. The summed E-state index contributed by atoms with van der Waals surface area (Å²) in [4.78, 5) is 33.9. The molecule has 0 fully saturated rings. The van der Waals surface area contributed by atoms with Gasteiger partial charge in [0, 0.05) is 19.4 Å². The summed E-state index contributed by atoms with van der Waals surface area (Å²) in [7, 11) is -4.42. The van der Waals surface area contributed by atoms with E-state index < -0.39 is 26.5 Å². The average molecular weight is 812 g/mol. The number of hydrogen-bond donors (Lipinski definition) is 3. The van der Waals surface area contributed by atoms with E-state index in [2.05, 4.69) is 55.6 Å². The number of phosphoric ester groups is 1. The summed E-state index contributed by atoms with van der Waals surface area (Å²) in [5.74, 6) is -0.524. The van der Waals surface area contributed by atoms with E-state index in [1.807, 2.05) is 0 Å². The summed E-state index contributed by atoms with van der Waals surface area (Å²) >= 11 is 0. The molecule has 0 radical (unpaired) electrons. The van der Waals surface area contributed by atoms with Gasteiger partial charge in [-0.05, 0) is 51.4 Å². The van der Waals surface area contributed by atoms with E-state index in [0.717, 1.165) is 64.2 Å². The van der Waals surface area contributed by atoms with E-state index in [1.54, 1.807) is 0 Å². The molecule has 56 heavy (non-hydrogen) atoms. The van der Waals surface area contributed by atoms with Gasteiger partial charge in [0.25, 0.3) is 0 Å². The highest BCUT2D eigenvalue weighted by molar-refractivity contribution is 7.47. The second-order valence-corrected chi connectivity index (χ2v) is 16.8. The van der Waals surface area contributed by atoms with E-state index in [1.165, 1.54) is 122 Å². The van der Waals surface area contributed by atoms with E-state index >= 15 is 0 Å². The standard InChI is InChI=1S/C46H86NO8P/c1-3-5-7-9-11-13-15-17-19-21-22-23-24-26-28-30-32-34-36-38-45(49)47-40-41-54-56(51,52)55-43-44(48)42-53-46(50)39-37-35-33-31-29-27-25-20-18-16-14-12-10-8-6-4-2/h11,13,17,19,22-23,44,48H,3-10,12,14-16,18,20-21,24-43H2,1-2H3,(H,47,49)(H,51,52)/b13-11-,19-17-,23-22-. The smallest absolute Gasteiger partial charge is 0.463 e. The Morgan fingerprint density at radius 2 is 0.964 bits per heavy atom. The van der Waals surface area contributed by atoms with Gasteiger partial charge in [-0.2, -0.15) is 0 Å². The van der Waals surface area contributed by atoms with Crippen LogP contribution in [0.4, 0.5) is 0 Å². The molecule has 1 amide bonds. The third kappa shape index (κ3) is 43.4. The Hall–Kier alpha value is -1.77. The van der Waals surface area contributed by atoms with Crippen molar-refractivity contribution in [3.05, 3.63) is 36.5 Å². The number of rotatable bonds is 43. The number of aliphatic hydroxyl groups is 1. The quantitative estimate of drug-likeness (QED) is 0.0240. The Kier molecular flexibility index (Phi) is 41.5. The van der Waals surface area contributed by atoms with Crippen molar-refractivity contribution in [1.82, 2.24) is 5.32 Å². The second-order valence-electron chi connectivity index (χ2n) is 15.4. The van der Waals surface area contributed by atoms with E-state index in [9.17, 15) is 24.2 Å².